The van der Waals surface area contributed by atoms with Gasteiger partial charge in [-0.3, -0.25) is 9.69 Å². The van der Waals surface area contributed by atoms with Gasteiger partial charge in [0.05, 0.1) is 10.9 Å². The van der Waals surface area contributed by atoms with E-state index in [1.807, 2.05) is 18.3 Å². The third kappa shape index (κ3) is 2.97. The maximum atomic E-state index is 12.8. The number of anilines is 1. The molecule has 2 aromatic heterocycles. The van der Waals surface area contributed by atoms with Gasteiger partial charge in [0, 0.05) is 49.4 Å². The molecule has 1 aliphatic rings. The van der Waals surface area contributed by atoms with Crippen LogP contribution in [0.3, 0.4) is 0 Å². The van der Waals surface area contributed by atoms with Gasteiger partial charge >= 0.3 is 0 Å². The number of hydrogen-bond donors (Lipinski definition) is 1. The Balaban J connectivity index is 1.61. The van der Waals surface area contributed by atoms with Crippen molar-refractivity contribution in [3.8, 4) is 0 Å². The van der Waals surface area contributed by atoms with Crippen molar-refractivity contribution in [1.82, 2.24) is 14.9 Å². The zero-order valence-electron chi connectivity index (χ0n) is 15.0. The van der Waals surface area contributed by atoms with Gasteiger partial charge in [-0.1, -0.05) is 26.0 Å². The molecule has 0 aliphatic carbocycles. The van der Waals surface area contributed by atoms with Crippen LogP contribution in [0.4, 0.5) is 5.88 Å². The lowest BCUT2D eigenvalue weighted by Crippen LogP contribution is -2.33. The highest BCUT2D eigenvalue weighted by atomic mass is 16.3. The predicted octanol–water partition coefficient (Wildman–Crippen LogP) is 2.85. The molecule has 0 unspecified atom stereocenters. The second kappa shape index (κ2) is 6.53. The molecule has 0 saturated carbocycles. The summed E-state index contributed by atoms with van der Waals surface area (Å²) in [6, 6.07) is 7.20. The Morgan fingerprint density at radius 1 is 1.31 bits per heavy atom. The van der Waals surface area contributed by atoms with Crippen molar-refractivity contribution in [1.29, 1.82) is 0 Å². The van der Waals surface area contributed by atoms with Crippen LogP contribution in [0.15, 0.2) is 39.7 Å². The first kappa shape index (κ1) is 16.7. The summed E-state index contributed by atoms with van der Waals surface area (Å²) in [6.07, 6.45) is 2.76. The van der Waals surface area contributed by atoms with Crippen molar-refractivity contribution < 1.29 is 4.42 Å². The molecule has 0 fully saturated rings. The van der Waals surface area contributed by atoms with Gasteiger partial charge in [-0.25, -0.2) is 9.97 Å². The molecule has 0 amide bonds. The second-order valence-electron chi connectivity index (χ2n) is 7.09. The average Bonchev–Trinajstić information content (AvgIpc) is 2.64. The monoisotopic (exact) mass is 350 g/mol. The summed E-state index contributed by atoms with van der Waals surface area (Å²) in [5, 5.41) is 0.569. The fourth-order valence-electron chi connectivity index (χ4n) is 3.37. The number of nitrogens with two attached hydrogens (primary N) is 1. The molecule has 0 spiro atoms. The van der Waals surface area contributed by atoms with E-state index in [1.165, 1.54) is 0 Å². The lowest BCUT2D eigenvalue weighted by Gasteiger charge is -2.28. The highest BCUT2D eigenvalue weighted by molar-refractivity contribution is 5.78. The topological polar surface area (TPSA) is 85.2 Å². The standard InChI is InChI=1S/C20H22N4O2/c1-12(2)20-22-9-13-10-24(8-7-16(13)23-20)11-15-18(25)14-5-3-4-6-17(14)26-19(15)21/h3-6,9,12H,7-8,10-11,21H2,1-2H3. The van der Waals surface area contributed by atoms with E-state index < -0.39 is 0 Å². The summed E-state index contributed by atoms with van der Waals surface area (Å²) in [5.74, 6) is 1.41. The van der Waals surface area contributed by atoms with E-state index in [0.29, 0.717) is 35.5 Å². The minimum Gasteiger partial charge on any atom is -0.440 e. The van der Waals surface area contributed by atoms with Crippen LogP contribution in [0.5, 0.6) is 0 Å². The van der Waals surface area contributed by atoms with E-state index in [9.17, 15) is 4.79 Å². The Kier molecular flexibility index (Phi) is 4.20. The third-order valence-corrected chi connectivity index (χ3v) is 4.85. The molecule has 1 aromatic carbocycles. The van der Waals surface area contributed by atoms with Crippen molar-refractivity contribution in [2.45, 2.75) is 39.3 Å². The Morgan fingerprint density at radius 2 is 2.12 bits per heavy atom. The van der Waals surface area contributed by atoms with Crippen molar-refractivity contribution in [3.05, 3.63) is 63.3 Å². The fourth-order valence-corrected chi connectivity index (χ4v) is 3.37. The lowest BCUT2D eigenvalue weighted by atomic mass is 10.0. The number of fused-ring (bicyclic) bond motifs is 2. The van der Waals surface area contributed by atoms with Gasteiger partial charge in [0.15, 0.2) is 11.3 Å². The van der Waals surface area contributed by atoms with Gasteiger partial charge in [-0.05, 0) is 12.1 Å². The first-order valence-corrected chi connectivity index (χ1v) is 8.90. The Hall–Kier alpha value is -2.73. The first-order valence-electron chi connectivity index (χ1n) is 8.90. The number of rotatable bonds is 3. The molecule has 1 aliphatic heterocycles. The molecule has 6 heteroatoms. The van der Waals surface area contributed by atoms with Crippen molar-refractivity contribution >= 4 is 16.9 Å². The lowest BCUT2D eigenvalue weighted by molar-refractivity contribution is 0.241. The summed E-state index contributed by atoms with van der Waals surface area (Å²) < 4.78 is 5.65. The van der Waals surface area contributed by atoms with Crippen molar-refractivity contribution in [2.75, 3.05) is 12.3 Å². The van der Waals surface area contributed by atoms with E-state index in [1.54, 1.807) is 12.1 Å². The van der Waals surface area contributed by atoms with Crippen molar-refractivity contribution in [2.24, 2.45) is 0 Å². The quantitative estimate of drug-likeness (QED) is 0.782. The Bertz CT molecular complexity index is 1030. The Labute approximate surface area is 151 Å². The summed E-state index contributed by atoms with van der Waals surface area (Å²) >= 11 is 0. The molecule has 0 bridgehead atoms. The molecule has 26 heavy (non-hydrogen) atoms. The number of nitrogen functional groups attached to an aromatic ring is 1. The third-order valence-electron chi connectivity index (χ3n) is 4.85. The van der Waals surface area contributed by atoms with E-state index in [4.69, 9.17) is 10.2 Å². The van der Waals surface area contributed by atoms with Crippen LogP contribution < -0.4 is 11.2 Å². The number of para-hydroxylation sites is 1. The highest BCUT2D eigenvalue weighted by Crippen LogP contribution is 2.23. The second-order valence-corrected chi connectivity index (χ2v) is 7.09. The molecule has 4 rings (SSSR count). The normalized spacial score (nSPS) is 14.7. The van der Waals surface area contributed by atoms with Gasteiger partial charge in [0.1, 0.15) is 11.4 Å². The average molecular weight is 350 g/mol. The highest BCUT2D eigenvalue weighted by Gasteiger charge is 2.22. The SMILES string of the molecule is CC(C)c1ncc2c(n1)CCN(Cc1c(N)oc3ccccc3c1=O)C2. The minimum absolute atomic E-state index is 0.0541. The molecular weight excluding hydrogens is 328 g/mol. The van der Waals surface area contributed by atoms with Crippen LogP contribution in [-0.2, 0) is 19.5 Å². The van der Waals surface area contributed by atoms with Gasteiger partial charge in [-0.15, -0.1) is 0 Å². The number of hydrogen-bond acceptors (Lipinski definition) is 6. The minimum atomic E-state index is -0.0541. The zero-order valence-corrected chi connectivity index (χ0v) is 15.0. The number of aromatic nitrogens is 2. The van der Waals surface area contributed by atoms with Crippen molar-refractivity contribution in [3.63, 3.8) is 0 Å². The molecule has 6 nitrogen and oxygen atoms in total. The maximum Gasteiger partial charge on any atom is 0.199 e. The molecule has 3 heterocycles. The van der Waals surface area contributed by atoms with Crippen LogP contribution in [0, 0.1) is 0 Å². The largest absolute Gasteiger partial charge is 0.440 e. The molecule has 0 atom stereocenters. The zero-order chi connectivity index (χ0) is 18.3. The summed E-state index contributed by atoms with van der Waals surface area (Å²) in [7, 11) is 0. The molecule has 0 saturated heterocycles. The first-order chi connectivity index (χ1) is 12.5. The van der Waals surface area contributed by atoms with Crippen LogP contribution in [-0.4, -0.2) is 21.4 Å². The smallest absolute Gasteiger partial charge is 0.199 e. The Morgan fingerprint density at radius 3 is 2.92 bits per heavy atom. The summed E-state index contributed by atoms with van der Waals surface area (Å²) in [6.45, 7) is 6.19. The van der Waals surface area contributed by atoms with Gasteiger partial charge in [0.2, 0.25) is 0 Å². The van der Waals surface area contributed by atoms with Gasteiger partial charge in [-0.2, -0.15) is 0 Å². The fraction of sp³-hybridized carbons (Fsp3) is 0.350. The van der Waals surface area contributed by atoms with Crippen LogP contribution >= 0.6 is 0 Å². The number of benzene rings is 1. The van der Waals surface area contributed by atoms with Crippen LogP contribution in [0.2, 0.25) is 0 Å². The number of nitrogens with zero attached hydrogens (tertiary/aromatic N) is 3. The molecule has 3 aromatic rings. The maximum absolute atomic E-state index is 12.8. The molecule has 0 radical (unpaired) electrons. The van der Waals surface area contributed by atoms with Crippen LogP contribution in [0.25, 0.3) is 11.0 Å². The summed E-state index contributed by atoms with van der Waals surface area (Å²) in [4.78, 5) is 24.1. The van der Waals surface area contributed by atoms with E-state index >= 15 is 0 Å². The van der Waals surface area contributed by atoms with Gasteiger partial charge in [0.25, 0.3) is 0 Å². The van der Waals surface area contributed by atoms with E-state index in [2.05, 4.69) is 28.7 Å². The molecular formula is C20H22N4O2. The predicted molar refractivity (Wildman–Crippen MR) is 101 cm³/mol. The van der Waals surface area contributed by atoms with E-state index in [0.717, 1.165) is 30.0 Å². The van der Waals surface area contributed by atoms with Gasteiger partial charge < -0.3 is 10.2 Å². The molecule has 134 valence electrons. The molecule has 2 N–H and O–H groups in total. The van der Waals surface area contributed by atoms with Crippen LogP contribution in [0.1, 0.15) is 42.4 Å². The van der Waals surface area contributed by atoms with E-state index in [-0.39, 0.29) is 11.3 Å². The summed E-state index contributed by atoms with van der Waals surface area (Å²) in [5.41, 5.74) is 9.25.